The lowest BCUT2D eigenvalue weighted by molar-refractivity contribution is -0.122. The molecule has 0 atom stereocenters. The van der Waals surface area contributed by atoms with Gasteiger partial charge in [-0.15, -0.1) is 0 Å². The van der Waals surface area contributed by atoms with Gasteiger partial charge in [0.1, 0.15) is 11.4 Å². The molecule has 0 aromatic rings. The van der Waals surface area contributed by atoms with Gasteiger partial charge in [0.05, 0.1) is 0 Å². The van der Waals surface area contributed by atoms with Gasteiger partial charge in [-0.2, -0.15) is 4.90 Å². The Labute approximate surface area is 88.2 Å². The standard InChI is InChI=1S/C10H14N2O3/c1-6-5-7(11)12(8(6)13)9(14)15-10(2,3)4/h5,11H,1-4H3. The second kappa shape index (κ2) is 3.49. The van der Waals surface area contributed by atoms with Crippen molar-refractivity contribution in [3.05, 3.63) is 11.6 Å². The minimum atomic E-state index is -0.800. The molecule has 0 spiro atoms. The highest BCUT2D eigenvalue weighted by Gasteiger charge is 2.34. The lowest BCUT2D eigenvalue weighted by atomic mass is 10.2. The number of nitrogens with one attached hydrogen (secondary N) is 1. The Kier molecular flexibility index (Phi) is 2.66. The lowest BCUT2D eigenvalue weighted by Gasteiger charge is -2.23. The molecule has 5 heteroatoms. The topological polar surface area (TPSA) is 70.5 Å². The molecule has 0 bridgehead atoms. The maximum Gasteiger partial charge on any atom is 0.423 e. The van der Waals surface area contributed by atoms with E-state index < -0.39 is 17.6 Å². The molecular formula is C10H14N2O3. The number of carbonyl (C=O) groups is 2. The Morgan fingerprint density at radius 3 is 2.33 bits per heavy atom. The summed E-state index contributed by atoms with van der Waals surface area (Å²) in [4.78, 5) is 23.7. The normalized spacial score (nSPS) is 16.8. The lowest BCUT2D eigenvalue weighted by Crippen LogP contribution is -2.40. The number of amides is 2. The van der Waals surface area contributed by atoms with Crippen LogP contribution in [0.3, 0.4) is 0 Å². The molecule has 1 aliphatic heterocycles. The summed E-state index contributed by atoms with van der Waals surface area (Å²) in [7, 11) is 0. The second-order valence-electron chi connectivity index (χ2n) is 4.33. The van der Waals surface area contributed by atoms with Gasteiger partial charge in [-0.1, -0.05) is 0 Å². The van der Waals surface area contributed by atoms with Crippen molar-refractivity contribution in [2.45, 2.75) is 33.3 Å². The van der Waals surface area contributed by atoms with Gasteiger partial charge < -0.3 is 4.74 Å². The molecule has 0 saturated carbocycles. The van der Waals surface area contributed by atoms with E-state index in [1.54, 1.807) is 27.7 Å². The number of rotatable bonds is 0. The predicted octanol–water partition coefficient (Wildman–Crippen LogP) is 1.69. The zero-order valence-electron chi connectivity index (χ0n) is 9.25. The average Bonchev–Trinajstić information content (AvgIpc) is 2.22. The molecule has 0 radical (unpaired) electrons. The largest absolute Gasteiger partial charge is 0.443 e. The van der Waals surface area contributed by atoms with E-state index in [4.69, 9.17) is 10.1 Å². The van der Waals surface area contributed by atoms with Crippen molar-refractivity contribution >= 4 is 17.8 Å². The number of amidine groups is 1. The van der Waals surface area contributed by atoms with Crippen LogP contribution >= 0.6 is 0 Å². The van der Waals surface area contributed by atoms with Gasteiger partial charge in [0.25, 0.3) is 5.91 Å². The summed E-state index contributed by atoms with van der Waals surface area (Å²) < 4.78 is 5.00. The summed E-state index contributed by atoms with van der Waals surface area (Å²) >= 11 is 0. The Balaban J connectivity index is 2.80. The third-order valence-corrected chi connectivity index (χ3v) is 1.71. The Bertz CT molecular complexity index is 363. The van der Waals surface area contributed by atoms with Gasteiger partial charge in [-0.3, -0.25) is 10.2 Å². The first kappa shape index (κ1) is 11.4. The van der Waals surface area contributed by atoms with E-state index in [0.29, 0.717) is 5.57 Å². The van der Waals surface area contributed by atoms with E-state index in [1.807, 2.05) is 0 Å². The SMILES string of the molecule is CC1=CC(=N)N(C(=O)OC(C)(C)C)C1=O. The monoisotopic (exact) mass is 210 g/mol. The summed E-state index contributed by atoms with van der Waals surface area (Å²) in [5.41, 5.74) is -0.306. The van der Waals surface area contributed by atoms with Crippen molar-refractivity contribution in [1.82, 2.24) is 4.90 Å². The van der Waals surface area contributed by atoms with Gasteiger partial charge in [-0.05, 0) is 33.8 Å². The fourth-order valence-corrected chi connectivity index (χ4v) is 1.11. The van der Waals surface area contributed by atoms with Crippen LogP contribution in [0.4, 0.5) is 4.79 Å². The molecule has 0 aromatic carbocycles. The maximum atomic E-state index is 11.5. The van der Waals surface area contributed by atoms with Crippen molar-refractivity contribution in [2.75, 3.05) is 0 Å². The zero-order chi connectivity index (χ0) is 11.8. The van der Waals surface area contributed by atoms with E-state index in [2.05, 4.69) is 0 Å². The van der Waals surface area contributed by atoms with Gasteiger partial charge in [0, 0.05) is 5.57 Å². The van der Waals surface area contributed by atoms with E-state index in [9.17, 15) is 9.59 Å². The Hall–Kier alpha value is -1.65. The van der Waals surface area contributed by atoms with Crippen molar-refractivity contribution in [3.8, 4) is 0 Å². The number of ether oxygens (including phenoxy) is 1. The smallest absolute Gasteiger partial charge is 0.423 e. The molecule has 15 heavy (non-hydrogen) atoms. The van der Waals surface area contributed by atoms with E-state index in [-0.39, 0.29) is 5.84 Å². The molecule has 1 rings (SSSR count). The summed E-state index contributed by atoms with van der Waals surface area (Å²) in [6.07, 6.45) is 0.539. The van der Waals surface area contributed by atoms with Crippen LogP contribution in [-0.2, 0) is 9.53 Å². The molecule has 1 heterocycles. The third kappa shape index (κ3) is 2.43. The van der Waals surface area contributed by atoms with Crippen LogP contribution in [0.15, 0.2) is 11.6 Å². The van der Waals surface area contributed by atoms with Crippen LogP contribution in [-0.4, -0.2) is 28.3 Å². The van der Waals surface area contributed by atoms with E-state index in [1.165, 1.54) is 6.08 Å². The minimum Gasteiger partial charge on any atom is -0.443 e. The number of carbonyl (C=O) groups excluding carboxylic acids is 2. The predicted molar refractivity (Wildman–Crippen MR) is 54.6 cm³/mol. The zero-order valence-corrected chi connectivity index (χ0v) is 9.25. The maximum absolute atomic E-state index is 11.5. The van der Waals surface area contributed by atoms with Crippen molar-refractivity contribution in [3.63, 3.8) is 0 Å². The molecule has 5 nitrogen and oxygen atoms in total. The van der Waals surface area contributed by atoms with Crippen molar-refractivity contribution < 1.29 is 14.3 Å². The molecule has 0 fully saturated rings. The molecule has 0 aliphatic carbocycles. The second-order valence-corrected chi connectivity index (χ2v) is 4.33. The number of hydrogen-bond donors (Lipinski definition) is 1. The summed E-state index contributed by atoms with van der Waals surface area (Å²) in [5, 5.41) is 7.43. The van der Waals surface area contributed by atoms with Crippen LogP contribution in [0, 0.1) is 5.41 Å². The van der Waals surface area contributed by atoms with E-state index in [0.717, 1.165) is 4.90 Å². The quantitative estimate of drug-likeness (QED) is 0.661. The Morgan fingerprint density at radius 1 is 1.47 bits per heavy atom. The first-order chi connectivity index (χ1) is 6.72. The molecule has 2 amide bonds. The summed E-state index contributed by atoms with van der Waals surface area (Å²) in [5.74, 6) is -0.638. The van der Waals surface area contributed by atoms with Gasteiger partial charge in [0.2, 0.25) is 0 Å². The van der Waals surface area contributed by atoms with Crippen molar-refractivity contribution in [2.24, 2.45) is 0 Å². The van der Waals surface area contributed by atoms with Gasteiger partial charge in [0.15, 0.2) is 0 Å². The molecule has 1 aliphatic rings. The molecule has 0 saturated heterocycles. The summed E-state index contributed by atoms with van der Waals surface area (Å²) in [6.45, 7) is 6.67. The fraction of sp³-hybridized carbons (Fsp3) is 0.500. The highest BCUT2D eigenvalue weighted by atomic mass is 16.6. The molecule has 82 valence electrons. The highest BCUT2D eigenvalue weighted by molar-refractivity contribution is 6.24. The molecule has 0 aromatic heterocycles. The molecule has 0 unspecified atom stereocenters. The van der Waals surface area contributed by atoms with Gasteiger partial charge >= 0.3 is 6.09 Å². The summed E-state index contributed by atoms with van der Waals surface area (Å²) in [6, 6.07) is 0. The van der Waals surface area contributed by atoms with Crippen LogP contribution in [0.25, 0.3) is 0 Å². The fourth-order valence-electron chi connectivity index (χ4n) is 1.11. The molecule has 1 N–H and O–H groups in total. The van der Waals surface area contributed by atoms with E-state index >= 15 is 0 Å². The first-order valence-corrected chi connectivity index (χ1v) is 4.56. The third-order valence-electron chi connectivity index (χ3n) is 1.71. The van der Waals surface area contributed by atoms with Crippen LogP contribution < -0.4 is 0 Å². The average molecular weight is 210 g/mol. The number of nitrogens with zero attached hydrogens (tertiary/aromatic N) is 1. The Morgan fingerprint density at radius 2 is 2.00 bits per heavy atom. The van der Waals surface area contributed by atoms with Crippen molar-refractivity contribution in [1.29, 1.82) is 5.41 Å². The minimum absolute atomic E-state index is 0.147. The number of hydrogen-bond acceptors (Lipinski definition) is 4. The first-order valence-electron chi connectivity index (χ1n) is 4.56. The molecular weight excluding hydrogens is 196 g/mol. The number of imide groups is 1. The van der Waals surface area contributed by atoms with Crippen LogP contribution in [0.5, 0.6) is 0 Å². The highest BCUT2D eigenvalue weighted by Crippen LogP contribution is 2.16. The van der Waals surface area contributed by atoms with Crippen LogP contribution in [0.1, 0.15) is 27.7 Å². The van der Waals surface area contributed by atoms with Crippen LogP contribution in [0.2, 0.25) is 0 Å². The van der Waals surface area contributed by atoms with Gasteiger partial charge in [-0.25, -0.2) is 4.79 Å².